The molecule has 1 atom stereocenters. The average Bonchev–Trinajstić information content (AvgIpc) is 3.25. The van der Waals surface area contributed by atoms with Crippen LogP contribution < -0.4 is 10.2 Å². The standard InChI is InChI=1S/C17H16N6O2S/c1-11-9-15(24)18-12-5-2-3-6-13(12)23(11)16(25)10-22-20-17(19-21-22)14-7-4-8-26-14/h2-8,11H,9-10H2,1H3,(H,18,24)/t11-/m1/s1. The van der Waals surface area contributed by atoms with E-state index in [2.05, 4.69) is 20.7 Å². The summed E-state index contributed by atoms with van der Waals surface area (Å²) >= 11 is 1.51. The Morgan fingerprint density at radius 2 is 2.15 bits per heavy atom. The van der Waals surface area contributed by atoms with Gasteiger partial charge in [0.2, 0.25) is 11.7 Å². The maximum atomic E-state index is 13.0. The number of carbonyl (C=O) groups is 2. The molecular weight excluding hydrogens is 352 g/mol. The molecule has 0 saturated heterocycles. The highest BCUT2D eigenvalue weighted by Gasteiger charge is 2.30. The molecule has 4 rings (SSSR count). The molecule has 2 amide bonds. The molecule has 0 fully saturated rings. The van der Waals surface area contributed by atoms with Gasteiger partial charge in [-0.05, 0) is 35.7 Å². The molecule has 8 nitrogen and oxygen atoms in total. The summed E-state index contributed by atoms with van der Waals surface area (Å²) in [4.78, 5) is 28.8. The van der Waals surface area contributed by atoms with E-state index in [1.165, 1.54) is 16.1 Å². The van der Waals surface area contributed by atoms with Crippen LogP contribution in [-0.4, -0.2) is 38.1 Å². The minimum absolute atomic E-state index is 0.0504. The maximum absolute atomic E-state index is 13.0. The van der Waals surface area contributed by atoms with Gasteiger partial charge in [0.15, 0.2) is 0 Å². The number of para-hydroxylation sites is 2. The van der Waals surface area contributed by atoms with Crippen LogP contribution in [0.3, 0.4) is 0 Å². The van der Waals surface area contributed by atoms with Crippen LogP contribution in [0.5, 0.6) is 0 Å². The first-order valence-electron chi connectivity index (χ1n) is 8.14. The molecule has 2 aromatic heterocycles. The van der Waals surface area contributed by atoms with Gasteiger partial charge in [0.25, 0.3) is 5.91 Å². The van der Waals surface area contributed by atoms with Crippen LogP contribution in [0, 0.1) is 0 Å². The quantitative estimate of drug-likeness (QED) is 0.765. The average molecular weight is 368 g/mol. The van der Waals surface area contributed by atoms with E-state index in [1.54, 1.807) is 11.0 Å². The first-order valence-corrected chi connectivity index (χ1v) is 9.02. The lowest BCUT2D eigenvalue weighted by Gasteiger charge is -2.27. The Labute approximate surface area is 153 Å². The van der Waals surface area contributed by atoms with Crippen LogP contribution in [0.2, 0.25) is 0 Å². The van der Waals surface area contributed by atoms with E-state index in [0.717, 1.165) is 4.88 Å². The predicted octanol–water partition coefficient (Wildman–Crippen LogP) is 2.17. The number of thiophene rings is 1. The van der Waals surface area contributed by atoms with Crippen molar-refractivity contribution < 1.29 is 9.59 Å². The molecule has 1 N–H and O–H groups in total. The van der Waals surface area contributed by atoms with Crippen molar-refractivity contribution in [2.24, 2.45) is 0 Å². The summed E-state index contributed by atoms with van der Waals surface area (Å²) in [5.41, 5.74) is 1.30. The van der Waals surface area contributed by atoms with Crippen molar-refractivity contribution in [2.75, 3.05) is 10.2 Å². The van der Waals surface area contributed by atoms with Crippen molar-refractivity contribution in [3.8, 4) is 10.7 Å². The van der Waals surface area contributed by atoms with E-state index in [0.29, 0.717) is 17.2 Å². The summed E-state index contributed by atoms with van der Waals surface area (Å²) in [5.74, 6) is 0.185. The van der Waals surface area contributed by atoms with E-state index in [9.17, 15) is 9.59 Å². The molecule has 1 aromatic carbocycles. The lowest BCUT2D eigenvalue weighted by Crippen LogP contribution is -2.41. The Morgan fingerprint density at radius 3 is 2.96 bits per heavy atom. The van der Waals surface area contributed by atoms with Gasteiger partial charge >= 0.3 is 0 Å². The van der Waals surface area contributed by atoms with Crippen molar-refractivity contribution in [1.29, 1.82) is 0 Å². The topological polar surface area (TPSA) is 93.0 Å². The molecule has 1 aliphatic rings. The number of tetrazole rings is 1. The fraction of sp³-hybridized carbons (Fsp3) is 0.235. The molecule has 9 heteroatoms. The molecule has 0 saturated carbocycles. The van der Waals surface area contributed by atoms with Gasteiger partial charge in [0.05, 0.1) is 16.3 Å². The molecule has 0 aliphatic carbocycles. The number of fused-ring (bicyclic) bond motifs is 1. The van der Waals surface area contributed by atoms with Crippen LogP contribution in [0.1, 0.15) is 13.3 Å². The SMILES string of the molecule is C[C@@H]1CC(=O)Nc2ccccc2N1C(=O)Cn1nnc(-c2cccs2)n1. The second kappa shape index (κ2) is 6.68. The maximum Gasteiger partial charge on any atom is 0.250 e. The van der Waals surface area contributed by atoms with E-state index < -0.39 is 0 Å². The van der Waals surface area contributed by atoms with Crippen LogP contribution >= 0.6 is 11.3 Å². The Morgan fingerprint density at radius 1 is 1.31 bits per heavy atom. The van der Waals surface area contributed by atoms with Gasteiger partial charge in [0, 0.05) is 12.5 Å². The molecule has 26 heavy (non-hydrogen) atoms. The van der Waals surface area contributed by atoms with Gasteiger partial charge in [-0.15, -0.1) is 21.5 Å². The normalized spacial score (nSPS) is 16.7. The molecule has 3 aromatic rings. The first-order chi connectivity index (χ1) is 12.6. The zero-order valence-electron chi connectivity index (χ0n) is 14.0. The smallest absolute Gasteiger partial charge is 0.250 e. The van der Waals surface area contributed by atoms with Crippen LogP contribution in [0.4, 0.5) is 11.4 Å². The number of amides is 2. The summed E-state index contributed by atoms with van der Waals surface area (Å²) < 4.78 is 0. The van der Waals surface area contributed by atoms with Gasteiger partial charge in [-0.25, -0.2) is 0 Å². The fourth-order valence-corrected chi connectivity index (χ4v) is 3.63. The Kier molecular flexibility index (Phi) is 4.21. The summed E-state index contributed by atoms with van der Waals surface area (Å²) in [6, 6.07) is 10.8. The summed E-state index contributed by atoms with van der Waals surface area (Å²) in [6.07, 6.45) is 0.228. The van der Waals surface area contributed by atoms with Gasteiger partial charge in [-0.3, -0.25) is 9.59 Å². The van der Waals surface area contributed by atoms with E-state index >= 15 is 0 Å². The Bertz CT molecular complexity index is 952. The Balaban J connectivity index is 1.60. The molecule has 0 spiro atoms. The van der Waals surface area contributed by atoms with Crippen molar-refractivity contribution in [3.05, 3.63) is 41.8 Å². The lowest BCUT2D eigenvalue weighted by atomic mass is 10.1. The zero-order valence-corrected chi connectivity index (χ0v) is 14.8. The van der Waals surface area contributed by atoms with Gasteiger partial charge in [-0.1, -0.05) is 18.2 Å². The van der Waals surface area contributed by atoms with Crippen molar-refractivity contribution in [1.82, 2.24) is 20.2 Å². The number of nitrogens with zero attached hydrogens (tertiary/aromatic N) is 5. The summed E-state index contributed by atoms with van der Waals surface area (Å²) in [6.45, 7) is 1.80. The third-order valence-electron chi connectivity index (χ3n) is 4.10. The minimum atomic E-state index is -0.272. The molecule has 0 radical (unpaired) electrons. The van der Waals surface area contributed by atoms with E-state index in [-0.39, 0.29) is 30.8 Å². The number of aromatic nitrogens is 4. The van der Waals surface area contributed by atoms with Gasteiger partial charge < -0.3 is 10.2 Å². The Hall–Kier alpha value is -3.07. The number of nitrogens with one attached hydrogen (secondary N) is 1. The lowest BCUT2D eigenvalue weighted by molar-refractivity contribution is -0.120. The first kappa shape index (κ1) is 16.4. The monoisotopic (exact) mass is 368 g/mol. The highest BCUT2D eigenvalue weighted by atomic mass is 32.1. The molecule has 3 heterocycles. The minimum Gasteiger partial charge on any atom is -0.324 e. The molecular formula is C17H16N6O2S. The molecule has 0 bridgehead atoms. The number of hydrogen-bond donors (Lipinski definition) is 1. The largest absolute Gasteiger partial charge is 0.324 e. The van der Waals surface area contributed by atoms with Crippen LogP contribution in [0.25, 0.3) is 10.7 Å². The van der Waals surface area contributed by atoms with E-state index in [1.807, 2.05) is 42.6 Å². The van der Waals surface area contributed by atoms with Gasteiger partial charge in [-0.2, -0.15) is 4.80 Å². The third kappa shape index (κ3) is 3.08. The number of hydrogen-bond acceptors (Lipinski definition) is 6. The molecule has 0 unspecified atom stereocenters. The predicted molar refractivity (Wildman–Crippen MR) is 97.8 cm³/mol. The van der Waals surface area contributed by atoms with Crippen molar-refractivity contribution >= 4 is 34.5 Å². The van der Waals surface area contributed by atoms with Gasteiger partial charge in [0.1, 0.15) is 6.54 Å². The highest BCUT2D eigenvalue weighted by Crippen LogP contribution is 2.31. The summed E-state index contributed by atoms with van der Waals surface area (Å²) in [5, 5.41) is 17.0. The fourth-order valence-electron chi connectivity index (χ4n) is 2.98. The third-order valence-corrected chi connectivity index (χ3v) is 4.96. The van der Waals surface area contributed by atoms with Crippen molar-refractivity contribution in [2.45, 2.75) is 25.9 Å². The van der Waals surface area contributed by atoms with Crippen molar-refractivity contribution in [3.63, 3.8) is 0 Å². The number of rotatable bonds is 3. The van der Waals surface area contributed by atoms with Crippen LogP contribution in [-0.2, 0) is 16.1 Å². The van der Waals surface area contributed by atoms with Crippen LogP contribution in [0.15, 0.2) is 41.8 Å². The second-order valence-corrected chi connectivity index (χ2v) is 6.95. The number of anilines is 2. The zero-order chi connectivity index (χ0) is 18.1. The number of benzene rings is 1. The highest BCUT2D eigenvalue weighted by molar-refractivity contribution is 7.13. The molecule has 1 aliphatic heterocycles. The summed E-state index contributed by atoms with van der Waals surface area (Å²) in [7, 11) is 0. The second-order valence-electron chi connectivity index (χ2n) is 6.00. The van der Waals surface area contributed by atoms with E-state index in [4.69, 9.17) is 0 Å². The number of carbonyl (C=O) groups excluding carboxylic acids is 2. The molecule has 132 valence electrons.